The van der Waals surface area contributed by atoms with Gasteiger partial charge in [0.05, 0.1) is 0 Å². The molecule has 4 aliphatic rings. The lowest BCUT2D eigenvalue weighted by Crippen LogP contribution is -2.39. The average Bonchev–Trinajstić information content (AvgIpc) is 3.55. The number of likely N-dealkylation sites (tertiary alicyclic amines) is 1. The maximum atomic E-state index is 12.3. The minimum absolute atomic E-state index is 0.0403. The molecule has 4 fully saturated rings. The number of rotatable bonds is 7. The van der Waals surface area contributed by atoms with Crippen molar-refractivity contribution >= 4 is 23.2 Å². The van der Waals surface area contributed by atoms with Crippen molar-refractivity contribution in [2.45, 2.75) is 83.5 Å². The molecule has 3 saturated carbocycles. The van der Waals surface area contributed by atoms with E-state index in [1.54, 1.807) is 0 Å². The van der Waals surface area contributed by atoms with E-state index in [9.17, 15) is 9.59 Å². The van der Waals surface area contributed by atoms with Crippen molar-refractivity contribution in [2.75, 3.05) is 23.7 Å². The van der Waals surface area contributed by atoms with Crippen LogP contribution in [-0.2, 0) is 5.41 Å². The van der Waals surface area contributed by atoms with Crippen LogP contribution >= 0.6 is 0 Å². The lowest BCUT2D eigenvalue weighted by molar-refractivity contribution is 0.0855. The summed E-state index contributed by atoms with van der Waals surface area (Å²) in [5.74, 6) is 1.34. The van der Waals surface area contributed by atoms with Crippen LogP contribution in [0.1, 0.15) is 94.0 Å². The molecule has 5 heteroatoms. The molecule has 1 saturated heterocycles. The lowest BCUT2D eigenvalue weighted by Gasteiger charge is -2.46. The predicted octanol–water partition coefficient (Wildman–Crippen LogP) is 9.82. The topological polar surface area (TPSA) is 61.4 Å². The van der Waals surface area contributed by atoms with Gasteiger partial charge in [0, 0.05) is 42.1 Å². The molecule has 3 aromatic rings. The Kier molecular flexibility index (Phi) is 9.20. The maximum absolute atomic E-state index is 12.3. The second kappa shape index (κ2) is 13.4. The number of allylic oxidation sites excluding steroid dienone is 1. The molecule has 5 nitrogen and oxygen atoms in total. The second-order valence-corrected chi connectivity index (χ2v) is 13.5. The highest BCUT2D eigenvalue weighted by Crippen LogP contribution is 2.48. The number of amides is 2. The fourth-order valence-corrected chi connectivity index (χ4v) is 6.55. The standard InChI is InChI=1S/C22H23NO.C17H24N2O/c24-22(19-5-2-6-19)20-9-7-17(8-10-20)18-11-13-21(14-12-18)23-15-16-3-1-4-16;1-13-9-10-17(13,2)14-5-7-15(8-6-14)18-16(20)19-11-3-4-12-19/h7-15,19,23H,1-6H2;5-8,13H,3-4,9-12H2,1-2H3,(H,18,20). The summed E-state index contributed by atoms with van der Waals surface area (Å²) in [6.45, 7) is 6.45. The highest BCUT2D eigenvalue weighted by atomic mass is 16.2. The Labute approximate surface area is 263 Å². The Morgan fingerprint density at radius 2 is 1.39 bits per heavy atom. The summed E-state index contributed by atoms with van der Waals surface area (Å²) >= 11 is 0. The number of carbonyl (C=O) groups is 2. The van der Waals surface area contributed by atoms with E-state index in [-0.39, 0.29) is 11.9 Å². The van der Waals surface area contributed by atoms with Gasteiger partial charge in [-0.2, -0.15) is 0 Å². The molecule has 7 rings (SSSR count). The highest BCUT2D eigenvalue weighted by Gasteiger charge is 2.40. The number of benzene rings is 3. The third-order valence-electron chi connectivity index (χ3n) is 10.7. The normalized spacial score (nSPS) is 22.5. The lowest BCUT2D eigenvalue weighted by atomic mass is 9.59. The smallest absolute Gasteiger partial charge is 0.321 e. The molecule has 230 valence electrons. The van der Waals surface area contributed by atoms with E-state index in [1.807, 2.05) is 29.2 Å². The first kappa shape index (κ1) is 30.2. The molecule has 2 atom stereocenters. The van der Waals surface area contributed by atoms with Crippen molar-refractivity contribution in [3.8, 4) is 11.1 Å². The van der Waals surface area contributed by atoms with Gasteiger partial charge in [-0.05, 0) is 110 Å². The molecule has 0 radical (unpaired) electrons. The zero-order chi connectivity index (χ0) is 30.5. The minimum Gasteiger partial charge on any atom is -0.362 e. The summed E-state index contributed by atoms with van der Waals surface area (Å²) in [7, 11) is 0. The molecule has 0 spiro atoms. The van der Waals surface area contributed by atoms with Gasteiger partial charge >= 0.3 is 6.03 Å². The van der Waals surface area contributed by atoms with Gasteiger partial charge in [0.1, 0.15) is 0 Å². The number of urea groups is 1. The molecule has 0 bridgehead atoms. The Balaban J connectivity index is 0.000000159. The Morgan fingerprint density at radius 1 is 0.773 bits per heavy atom. The number of hydrogen-bond acceptors (Lipinski definition) is 3. The van der Waals surface area contributed by atoms with Crippen molar-refractivity contribution in [3.63, 3.8) is 0 Å². The van der Waals surface area contributed by atoms with Gasteiger partial charge in [-0.3, -0.25) is 4.79 Å². The van der Waals surface area contributed by atoms with Gasteiger partial charge in [0.25, 0.3) is 0 Å². The fourth-order valence-electron chi connectivity index (χ4n) is 6.55. The molecule has 44 heavy (non-hydrogen) atoms. The van der Waals surface area contributed by atoms with Crippen LogP contribution in [0.3, 0.4) is 0 Å². The molecule has 1 aliphatic heterocycles. The summed E-state index contributed by atoms with van der Waals surface area (Å²) in [5, 5.41) is 6.36. The quantitative estimate of drug-likeness (QED) is 0.270. The monoisotopic (exact) mass is 589 g/mol. The zero-order valence-corrected chi connectivity index (χ0v) is 26.4. The Hall–Kier alpha value is -3.86. The number of Topliss-reactive ketones (excluding diaryl/α,β-unsaturated/α-hetero) is 1. The molecular weight excluding hydrogens is 542 g/mol. The van der Waals surface area contributed by atoms with Crippen LogP contribution in [0.25, 0.3) is 11.1 Å². The van der Waals surface area contributed by atoms with Crippen molar-refractivity contribution in [3.05, 3.63) is 95.7 Å². The summed E-state index contributed by atoms with van der Waals surface area (Å²) < 4.78 is 0. The van der Waals surface area contributed by atoms with Gasteiger partial charge in [-0.15, -0.1) is 0 Å². The van der Waals surface area contributed by atoms with Gasteiger partial charge in [0.2, 0.25) is 0 Å². The van der Waals surface area contributed by atoms with Gasteiger partial charge < -0.3 is 15.5 Å². The molecular formula is C39H47N3O2. The fraction of sp³-hybridized carbons (Fsp3) is 0.436. The van der Waals surface area contributed by atoms with Crippen LogP contribution in [-0.4, -0.2) is 29.8 Å². The molecule has 3 aliphatic carbocycles. The van der Waals surface area contributed by atoms with Gasteiger partial charge in [0.15, 0.2) is 5.78 Å². The SMILES string of the molecule is CC1CCC1(C)c1ccc(NC(=O)N2CCCC2)cc1.O=C(c1ccc(-c2ccc(NC=C3CCC3)cc2)cc1)C1CCC1. The average molecular weight is 590 g/mol. The van der Waals surface area contributed by atoms with Crippen molar-refractivity contribution < 1.29 is 9.59 Å². The van der Waals surface area contributed by atoms with E-state index in [0.29, 0.717) is 11.2 Å². The summed E-state index contributed by atoms with van der Waals surface area (Å²) in [4.78, 5) is 26.2. The number of nitrogens with zero attached hydrogens (tertiary/aromatic N) is 1. The maximum Gasteiger partial charge on any atom is 0.321 e. The Morgan fingerprint density at radius 3 is 1.89 bits per heavy atom. The summed E-state index contributed by atoms with van der Waals surface area (Å²) in [5.41, 5.74) is 8.45. The van der Waals surface area contributed by atoms with Gasteiger partial charge in [-0.1, -0.05) is 74.4 Å². The third kappa shape index (κ3) is 6.77. The van der Waals surface area contributed by atoms with Crippen LogP contribution in [0.4, 0.5) is 16.2 Å². The molecule has 3 aromatic carbocycles. The van der Waals surface area contributed by atoms with Crippen LogP contribution in [0.2, 0.25) is 0 Å². The second-order valence-electron chi connectivity index (χ2n) is 13.5. The molecule has 2 amide bonds. The largest absolute Gasteiger partial charge is 0.362 e. The number of hydrogen-bond donors (Lipinski definition) is 2. The first-order chi connectivity index (χ1) is 21.4. The molecule has 2 unspecified atom stereocenters. The van der Waals surface area contributed by atoms with E-state index in [0.717, 1.165) is 67.2 Å². The highest BCUT2D eigenvalue weighted by molar-refractivity contribution is 5.98. The van der Waals surface area contributed by atoms with E-state index < -0.39 is 0 Å². The van der Waals surface area contributed by atoms with Gasteiger partial charge in [-0.25, -0.2) is 4.79 Å². The summed E-state index contributed by atoms with van der Waals surface area (Å²) in [6, 6.07) is 25.0. The molecule has 2 N–H and O–H groups in total. The van der Waals surface area contributed by atoms with Crippen molar-refractivity contribution in [1.29, 1.82) is 0 Å². The first-order valence-electron chi connectivity index (χ1n) is 16.7. The van der Waals surface area contributed by atoms with Crippen LogP contribution < -0.4 is 10.6 Å². The number of ketones is 1. The van der Waals surface area contributed by atoms with Crippen LogP contribution in [0.5, 0.6) is 0 Å². The van der Waals surface area contributed by atoms with E-state index in [4.69, 9.17) is 0 Å². The molecule has 0 aromatic heterocycles. The predicted molar refractivity (Wildman–Crippen MR) is 181 cm³/mol. The van der Waals surface area contributed by atoms with E-state index >= 15 is 0 Å². The number of anilines is 2. The summed E-state index contributed by atoms with van der Waals surface area (Å²) in [6.07, 6.45) is 14.1. The minimum atomic E-state index is 0.0403. The van der Waals surface area contributed by atoms with Crippen molar-refractivity contribution in [1.82, 2.24) is 4.90 Å². The van der Waals surface area contributed by atoms with Crippen LogP contribution in [0, 0.1) is 11.8 Å². The Bertz CT molecular complexity index is 1460. The van der Waals surface area contributed by atoms with Crippen LogP contribution in [0.15, 0.2) is 84.6 Å². The zero-order valence-electron chi connectivity index (χ0n) is 26.4. The number of carbonyl (C=O) groups excluding carboxylic acids is 2. The number of nitrogens with one attached hydrogen (secondary N) is 2. The first-order valence-corrected chi connectivity index (χ1v) is 16.7. The third-order valence-corrected chi connectivity index (χ3v) is 10.7. The van der Waals surface area contributed by atoms with E-state index in [2.05, 4.69) is 79.2 Å². The molecule has 1 heterocycles. The van der Waals surface area contributed by atoms with Crippen molar-refractivity contribution in [2.24, 2.45) is 11.8 Å². The van der Waals surface area contributed by atoms with E-state index in [1.165, 1.54) is 55.2 Å².